The van der Waals surface area contributed by atoms with Gasteiger partial charge in [0.2, 0.25) is 0 Å². The van der Waals surface area contributed by atoms with Gasteiger partial charge in [0.25, 0.3) is 10.1 Å². The van der Waals surface area contributed by atoms with Gasteiger partial charge in [0.15, 0.2) is 0 Å². The topological polar surface area (TPSA) is 102 Å². The second-order valence-electron chi connectivity index (χ2n) is 7.80. The number of carbonyl (C=O) groups excluding carboxylic acids is 2. The summed E-state index contributed by atoms with van der Waals surface area (Å²) in [6.07, 6.45) is -0.196. The van der Waals surface area contributed by atoms with Gasteiger partial charge in [-0.3, -0.25) is 9.08 Å². The van der Waals surface area contributed by atoms with E-state index in [2.05, 4.69) is 0 Å². The number of hydrogen-bond acceptors (Lipinski definition) is 7. The van der Waals surface area contributed by atoms with Gasteiger partial charge in [0.1, 0.15) is 12.2 Å². The lowest BCUT2D eigenvalue weighted by molar-refractivity contribution is -0.0102. The minimum absolute atomic E-state index is 0.0718. The van der Waals surface area contributed by atoms with Crippen LogP contribution in [0.3, 0.4) is 0 Å². The molecule has 1 fully saturated rings. The van der Waals surface area contributed by atoms with E-state index in [0.29, 0.717) is 0 Å². The maximum Gasteiger partial charge on any atom is 0.410 e. The van der Waals surface area contributed by atoms with Crippen molar-refractivity contribution in [3.05, 3.63) is 35.9 Å². The Kier molecular flexibility index (Phi) is 7.48. The zero-order valence-corrected chi connectivity index (χ0v) is 18.0. The van der Waals surface area contributed by atoms with E-state index in [-0.39, 0.29) is 32.8 Å². The molecule has 29 heavy (non-hydrogen) atoms. The summed E-state index contributed by atoms with van der Waals surface area (Å²) >= 11 is 0. The number of hydrogen-bond donors (Lipinski definition) is 0. The molecule has 0 N–H and O–H groups in total. The standard InChI is InChI=1S/C19H28N2O7S/c1-19(2,3)28-18(23)21-11-10-20(12-16(21)14-27-29(4,24)25)17(22)26-13-15-8-6-5-7-9-15/h5-9,16H,10-14H2,1-4H3. The van der Waals surface area contributed by atoms with E-state index < -0.39 is 33.9 Å². The first kappa shape index (κ1) is 23.0. The average molecular weight is 429 g/mol. The summed E-state index contributed by atoms with van der Waals surface area (Å²) in [5.74, 6) is 0. The lowest BCUT2D eigenvalue weighted by atomic mass is 10.2. The summed E-state index contributed by atoms with van der Waals surface area (Å²) < 4.78 is 38.4. The summed E-state index contributed by atoms with van der Waals surface area (Å²) in [7, 11) is -3.71. The van der Waals surface area contributed by atoms with Crippen molar-refractivity contribution < 1.29 is 31.7 Å². The SMILES string of the molecule is CC(C)(C)OC(=O)N1CCN(C(=O)OCc2ccccc2)CC1COS(C)(=O)=O. The van der Waals surface area contributed by atoms with Gasteiger partial charge < -0.3 is 14.4 Å². The molecule has 2 amide bonds. The predicted octanol–water partition coefficient (Wildman–Crippen LogP) is 2.22. The predicted molar refractivity (Wildman–Crippen MR) is 106 cm³/mol. The van der Waals surface area contributed by atoms with Gasteiger partial charge in [-0.25, -0.2) is 9.59 Å². The van der Waals surface area contributed by atoms with Crippen LogP contribution in [0.2, 0.25) is 0 Å². The fourth-order valence-corrected chi connectivity index (χ4v) is 3.14. The van der Waals surface area contributed by atoms with Crippen LogP contribution in [0.4, 0.5) is 9.59 Å². The van der Waals surface area contributed by atoms with Gasteiger partial charge in [0.05, 0.1) is 18.9 Å². The van der Waals surface area contributed by atoms with E-state index in [1.54, 1.807) is 20.8 Å². The van der Waals surface area contributed by atoms with Crippen LogP contribution in [0.1, 0.15) is 26.3 Å². The van der Waals surface area contributed by atoms with Crippen LogP contribution in [0.25, 0.3) is 0 Å². The van der Waals surface area contributed by atoms with Crippen LogP contribution < -0.4 is 0 Å². The number of piperazine rings is 1. The molecule has 0 bridgehead atoms. The van der Waals surface area contributed by atoms with Gasteiger partial charge in [-0.15, -0.1) is 0 Å². The first-order valence-corrected chi connectivity index (χ1v) is 11.1. The Labute approximate surface area is 171 Å². The molecule has 2 rings (SSSR count). The van der Waals surface area contributed by atoms with Crippen molar-refractivity contribution in [1.82, 2.24) is 9.80 Å². The third-order valence-electron chi connectivity index (χ3n) is 4.05. The Bertz CT molecular complexity index is 806. The zero-order chi connectivity index (χ0) is 21.7. The number of amides is 2. The zero-order valence-electron chi connectivity index (χ0n) is 17.2. The maximum absolute atomic E-state index is 12.5. The third kappa shape index (κ3) is 7.90. The fraction of sp³-hybridized carbons (Fsp3) is 0.579. The second-order valence-corrected chi connectivity index (χ2v) is 9.45. The third-order valence-corrected chi connectivity index (χ3v) is 4.61. The Balaban J connectivity index is 2.02. The van der Waals surface area contributed by atoms with E-state index >= 15 is 0 Å². The number of rotatable bonds is 5. The molecule has 1 saturated heterocycles. The van der Waals surface area contributed by atoms with E-state index in [0.717, 1.165) is 11.8 Å². The molecule has 162 valence electrons. The molecule has 1 heterocycles. The molecule has 0 aliphatic carbocycles. The molecule has 1 aliphatic heterocycles. The first-order valence-electron chi connectivity index (χ1n) is 9.24. The van der Waals surface area contributed by atoms with Crippen LogP contribution in [0, 0.1) is 0 Å². The van der Waals surface area contributed by atoms with Crippen molar-refractivity contribution in [2.45, 2.75) is 39.0 Å². The van der Waals surface area contributed by atoms with E-state index in [4.69, 9.17) is 13.7 Å². The minimum Gasteiger partial charge on any atom is -0.445 e. The smallest absolute Gasteiger partial charge is 0.410 e. The Morgan fingerprint density at radius 2 is 1.76 bits per heavy atom. The molecule has 1 unspecified atom stereocenters. The van der Waals surface area contributed by atoms with Gasteiger partial charge >= 0.3 is 12.2 Å². The molecule has 1 aromatic carbocycles. The van der Waals surface area contributed by atoms with Crippen LogP contribution in [0.15, 0.2) is 30.3 Å². The van der Waals surface area contributed by atoms with Gasteiger partial charge in [0, 0.05) is 19.6 Å². The monoisotopic (exact) mass is 428 g/mol. The van der Waals surface area contributed by atoms with Crippen LogP contribution >= 0.6 is 0 Å². The van der Waals surface area contributed by atoms with Gasteiger partial charge in [-0.1, -0.05) is 30.3 Å². The number of nitrogens with zero attached hydrogens (tertiary/aromatic N) is 2. The summed E-state index contributed by atoms with van der Waals surface area (Å²) in [5.41, 5.74) is 0.149. The minimum atomic E-state index is -3.71. The maximum atomic E-state index is 12.5. The molecule has 1 aromatic rings. The molecule has 10 heteroatoms. The highest BCUT2D eigenvalue weighted by molar-refractivity contribution is 7.85. The largest absolute Gasteiger partial charge is 0.445 e. The van der Waals surface area contributed by atoms with Crippen LogP contribution in [0.5, 0.6) is 0 Å². The first-order chi connectivity index (χ1) is 13.4. The van der Waals surface area contributed by atoms with Crippen molar-refractivity contribution in [2.24, 2.45) is 0 Å². The molecule has 0 saturated carbocycles. The molecule has 0 radical (unpaired) electrons. The average Bonchev–Trinajstić information content (AvgIpc) is 2.63. The van der Waals surface area contributed by atoms with E-state index in [1.807, 2.05) is 30.3 Å². The fourth-order valence-electron chi connectivity index (χ4n) is 2.74. The lowest BCUT2D eigenvalue weighted by Crippen LogP contribution is -2.59. The Morgan fingerprint density at radius 1 is 1.10 bits per heavy atom. The summed E-state index contributed by atoms with van der Waals surface area (Å²) in [4.78, 5) is 27.8. The van der Waals surface area contributed by atoms with Crippen molar-refractivity contribution >= 4 is 22.3 Å². The summed E-state index contributed by atoms with van der Waals surface area (Å²) in [6, 6.07) is 8.57. The summed E-state index contributed by atoms with van der Waals surface area (Å²) in [5, 5.41) is 0. The number of benzene rings is 1. The highest BCUT2D eigenvalue weighted by atomic mass is 32.2. The van der Waals surface area contributed by atoms with Crippen LogP contribution in [-0.2, 0) is 30.4 Å². The van der Waals surface area contributed by atoms with Crippen molar-refractivity contribution in [1.29, 1.82) is 0 Å². The van der Waals surface area contributed by atoms with Crippen LogP contribution in [-0.4, -0.2) is 74.5 Å². The van der Waals surface area contributed by atoms with Gasteiger partial charge in [-0.2, -0.15) is 8.42 Å². The highest BCUT2D eigenvalue weighted by Crippen LogP contribution is 2.18. The molecular weight excluding hydrogens is 400 g/mol. The van der Waals surface area contributed by atoms with Crippen molar-refractivity contribution in [3.8, 4) is 0 Å². The Hall–Kier alpha value is -2.33. The van der Waals surface area contributed by atoms with Crippen molar-refractivity contribution in [2.75, 3.05) is 32.5 Å². The molecule has 0 spiro atoms. The quantitative estimate of drug-likeness (QED) is 0.663. The van der Waals surface area contributed by atoms with E-state index in [9.17, 15) is 18.0 Å². The molecule has 0 aromatic heterocycles. The molecule has 1 atom stereocenters. The lowest BCUT2D eigenvalue weighted by Gasteiger charge is -2.40. The second kappa shape index (κ2) is 9.45. The summed E-state index contributed by atoms with van der Waals surface area (Å²) in [6.45, 7) is 5.55. The van der Waals surface area contributed by atoms with Crippen molar-refractivity contribution in [3.63, 3.8) is 0 Å². The Morgan fingerprint density at radius 3 is 2.34 bits per heavy atom. The van der Waals surface area contributed by atoms with E-state index in [1.165, 1.54) is 9.80 Å². The highest BCUT2D eigenvalue weighted by Gasteiger charge is 2.36. The molecular formula is C19H28N2O7S. The molecule has 1 aliphatic rings. The number of carbonyl (C=O) groups is 2. The number of ether oxygens (including phenoxy) is 2. The molecule has 9 nitrogen and oxygen atoms in total. The van der Waals surface area contributed by atoms with Gasteiger partial charge in [-0.05, 0) is 26.3 Å². The normalized spacial score (nSPS) is 17.7.